The highest BCUT2D eigenvalue weighted by atomic mass is 32.2. The molecule has 1 aromatic carbocycles. The molecule has 1 saturated heterocycles. The van der Waals surface area contributed by atoms with Crippen molar-refractivity contribution in [2.24, 2.45) is 13.0 Å². The summed E-state index contributed by atoms with van der Waals surface area (Å²) in [5.74, 6) is 0.569. The number of carbonyl (C=O) groups is 1. The predicted molar refractivity (Wildman–Crippen MR) is 123 cm³/mol. The van der Waals surface area contributed by atoms with Crippen molar-refractivity contribution < 1.29 is 17.9 Å². The summed E-state index contributed by atoms with van der Waals surface area (Å²) in [6.45, 7) is 7.38. The van der Waals surface area contributed by atoms with E-state index in [4.69, 9.17) is 4.74 Å². The number of aromatic nitrogens is 1. The van der Waals surface area contributed by atoms with E-state index in [1.807, 2.05) is 20.8 Å². The smallest absolute Gasteiger partial charge is 0.263 e. The first-order chi connectivity index (χ1) is 15.1. The van der Waals surface area contributed by atoms with Crippen molar-refractivity contribution in [1.82, 2.24) is 14.2 Å². The number of carbonyl (C=O) groups excluding carboxylic acids is 1. The molecule has 8 nitrogen and oxygen atoms in total. The second-order valence-corrected chi connectivity index (χ2v) is 10.0. The zero-order chi connectivity index (χ0) is 23.5. The molecule has 1 fully saturated rings. The van der Waals surface area contributed by atoms with Crippen LogP contribution in [0.5, 0.6) is 5.75 Å². The maximum atomic E-state index is 12.8. The minimum Gasteiger partial charge on any atom is -0.493 e. The molecule has 0 radical (unpaired) electrons. The molecule has 1 N–H and O–H groups in total. The van der Waals surface area contributed by atoms with Gasteiger partial charge in [-0.1, -0.05) is 0 Å². The van der Waals surface area contributed by atoms with Gasteiger partial charge in [-0.25, -0.2) is 13.1 Å². The summed E-state index contributed by atoms with van der Waals surface area (Å²) in [7, 11) is -2.03. The van der Waals surface area contributed by atoms with E-state index in [9.17, 15) is 18.0 Å². The van der Waals surface area contributed by atoms with E-state index in [-0.39, 0.29) is 27.8 Å². The molecule has 0 aliphatic carbocycles. The Kier molecular flexibility index (Phi) is 7.40. The maximum Gasteiger partial charge on any atom is 0.263 e. The maximum absolute atomic E-state index is 12.8. The van der Waals surface area contributed by atoms with E-state index in [1.54, 1.807) is 42.4 Å². The molecule has 0 saturated carbocycles. The summed E-state index contributed by atoms with van der Waals surface area (Å²) in [4.78, 5) is 26.8. The molecule has 2 aromatic rings. The summed E-state index contributed by atoms with van der Waals surface area (Å²) in [5.41, 5.74) is 1.42. The summed E-state index contributed by atoms with van der Waals surface area (Å²) < 4.78 is 35.3. The summed E-state index contributed by atoms with van der Waals surface area (Å²) in [6, 6.07) is 6.48. The number of hydrogen-bond acceptors (Lipinski definition) is 5. The van der Waals surface area contributed by atoms with Gasteiger partial charge in [-0.05, 0) is 74.9 Å². The van der Waals surface area contributed by atoms with E-state index in [0.29, 0.717) is 39.1 Å². The van der Waals surface area contributed by atoms with E-state index in [0.717, 1.165) is 16.9 Å². The van der Waals surface area contributed by atoms with E-state index < -0.39 is 10.0 Å². The van der Waals surface area contributed by atoms with Gasteiger partial charge in [-0.15, -0.1) is 0 Å². The Hall–Kier alpha value is -2.65. The molecule has 9 heteroatoms. The number of aryl methyl sites for hydroxylation is 3. The predicted octanol–water partition coefficient (Wildman–Crippen LogP) is 2.23. The van der Waals surface area contributed by atoms with Crippen LogP contribution in [0.3, 0.4) is 0 Å². The standard InChI is InChI=1S/C23H31N3O5S/c1-5-31-21-16(2)13-19(14-17(21)3)32(29,30)24-15-18-8-11-26(12-9-18)23(28)20-7-6-10-25(4)22(20)27/h6-7,10,13-14,18,24H,5,8-9,11-12,15H2,1-4H3. The van der Waals surface area contributed by atoms with Crippen LogP contribution in [0.25, 0.3) is 0 Å². The van der Waals surface area contributed by atoms with Gasteiger partial charge in [0, 0.05) is 32.9 Å². The third-order valence-corrected chi connectivity index (χ3v) is 7.25. The topological polar surface area (TPSA) is 97.7 Å². The largest absolute Gasteiger partial charge is 0.493 e. The molecule has 0 spiro atoms. The molecular formula is C23H31N3O5S. The molecule has 32 heavy (non-hydrogen) atoms. The second kappa shape index (κ2) is 9.87. The van der Waals surface area contributed by atoms with Gasteiger partial charge < -0.3 is 14.2 Å². The lowest BCUT2D eigenvalue weighted by atomic mass is 9.97. The number of benzene rings is 1. The number of likely N-dealkylation sites (tertiary alicyclic amines) is 1. The fourth-order valence-corrected chi connectivity index (χ4v) is 5.30. The van der Waals surface area contributed by atoms with Gasteiger partial charge in [-0.3, -0.25) is 9.59 Å². The van der Waals surface area contributed by atoms with Crippen LogP contribution in [-0.4, -0.2) is 50.0 Å². The minimum atomic E-state index is -3.65. The number of ether oxygens (including phenoxy) is 1. The van der Waals surface area contributed by atoms with Gasteiger partial charge in [0.05, 0.1) is 11.5 Å². The fourth-order valence-electron chi connectivity index (χ4n) is 4.02. The number of rotatable bonds is 7. The van der Waals surface area contributed by atoms with Crippen LogP contribution in [-0.2, 0) is 17.1 Å². The van der Waals surface area contributed by atoms with Crippen LogP contribution in [0.1, 0.15) is 41.3 Å². The van der Waals surface area contributed by atoms with Crippen molar-refractivity contribution in [2.75, 3.05) is 26.2 Å². The van der Waals surface area contributed by atoms with Gasteiger partial charge >= 0.3 is 0 Å². The Morgan fingerprint density at radius 1 is 1.19 bits per heavy atom. The van der Waals surface area contributed by atoms with E-state index in [1.165, 1.54) is 4.57 Å². The molecule has 0 unspecified atom stereocenters. The fraction of sp³-hybridized carbons (Fsp3) is 0.478. The van der Waals surface area contributed by atoms with Crippen molar-refractivity contribution in [3.05, 3.63) is 57.5 Å². The number of pyridine rings is 1. The molecule has 3 rings (SSSR count). The highest BCUT2D eigenvalue weighted by Gasteiger charge is 2.26. The average Bonchev–Trinajstić information content (AvgIpc) is 2.76. The van der Waals surface area contributed by atoms with Gasteiger partial charge in [0.15, 0.2) is 0 Å². The van der Waals surface area contributed by atoms with Crippen LogP contribution in [0.4, 0.5) is 0 Å². The molecular weight excluding hydrogens is 430 g/mol. The molecule has 174 valence electrons. The zero-order valence-electron chi connectivity index (χ0n) is 19.1. The first-order valence-corrected chi connectivity index (χ1v) is 12.3. The quantitative estimate of drug-likeness (QED) is 0.682. The summed E-state index contributed by atoms with van der Waals surface area (Å²) >= 11 is 0. The van der Waals surface area contributed by atoms with Crippen LogP contribution in [0.15, 0.2) is 40.2 Å². The lowest BCUT2D eigenvalue weighted by molar-refractivity contribution is 0.0689. The number of nitrogens with zero attached hydrogens (tertiary/aromatic N) is 2. The van der Waals surface area contributed by atoms with Crippen molar-refractivity contribution in [1.29, 1.82) is 0 Å². The van der Waals surface area contributed by atoms with Gasteiger partial charge in [-0.2, -0.15) is 0 Å². The highest BCUT2D eigenvalue weighted by Crippen LogP contribution is 2.27. The number of sulfonamides is 1. The molecule has 1 aliphatic heterocycles. The monoisotopic (exact) mass is 461 g/mol. The third-order valence-electron chi connectivity index (χ3n) is 5.85. The zero-order valence-corrected chi connectivity index (χ0v) is 19.9. The molecule has 1 amide bonds. The number of amides is 1. The Labute approximate surface area is 189 Å². The van der Waals surface area contributed by atoms with Crippen molar-refractivity contribution >= 4 is 15.9 Å². The molecule has 2 heterocycles. The second-order valence-electron chi connectivity index (χ2n) is 8.24. The van der Waals surface area contributed by atoms with Gasteiger partial charge in [0.1, 0.15) is 11.3 Å². The summed E-state index contributed by atoms with van der Waals surface area (Å²) in [6.07, 6.45) is 2.95. The molecule has 0 bridgehead atoms. The summed E-state index contributed by atoms with van der Waals surface area (Å²) in [5, 5.41) is 0. The normalized spacial score (nSPS) is 15.1. The first kappa shape index (κ1) is 24.0. The van der Waals surface area contributed by atoms with E-state index in [2.05, 4.69) is 4.72 Å². The van der Waals surface area contributed by atoms with Crippen molar-refractivity contribution in [3.63, 3.8) is 0 Å². The van der Waals surface area contributed by atoms with Crippen LogP contribution >= 0.6 is 0 Å². The number of hydrogen-bond donors (Lipinski definition) is 1. The molecule has 1 aromatic heterocycles. The lowest BCUT2D eigenvalue weighted by Gasteiger charge is -2.32. The van der Waals surface area contributed by atoms with Crippen LogP contribution < -0.4 is 15.0 Å². The Balaban J connectivity index is 1.59. The minimum absolute atomic E-state index is 0.123. The van der Waals surface area contributed by atoms with Crippen LogP contribution in [0.2, 0.25) is 0 Å². The Bertz CT molecular complexity index is 1130. The van der Waals surface area contributed by atoms with E-state index >= 15 is 0 Å². The third kappa shape index (κ3) is 5.21. The average molecular weight is 462 g/mol. The van der Waals surface area contributed by atoms with Crippen molar-refractivity contribution in [3.8, 4) is 5.75 Å². The Morgan fingerprint density at radius 3 is 2.41 bits per heavy atom. The van der Waals surface area contributed by atoms with Crippen LogP contribution in [0, 0.1) is 19.8 Å². The Morgan fingerprint density at radius 2 is 1.81 bits per heavy atom. The first-order valence-electron chi connectivity index (χ1n) is 10.8. The number of nitrogens with one attached hydrogen (secondary N) is 1. The highest BCUT2D eigenvalue weighted by molar-refractivity contribution is 7.89. The lowest BCUT2D eigenvalue weighted by Crippen LogP contribution is -2.43. The molecule has 0 atom stereocenters. The van der Waals surface area contributed by atoms with Gasteiger partial charge in [0.25, 0.3) is 11.5 Å². The number of piperidine rings is 1. The molecule has 1 aliphatic rings. The SMILES string of the molecule is CCOc1c(C)cc(S(=O)(=O)NCC2CCN(C(=O)c3cccn(C)c3=O)CC2)cc1C. The van der Waals surface area contributed by atoms with Gasteiger partial charge in [0.2, 0.25) is 10.0 Å². The van der Waals surface area contributed by atoms with Crippen molar-refractivity contribution in [2.45, 2.75) is 38.5 Å².